The third kappa shape index (κ3) is 5.23. The van der Waals surface area contributed by atoms with E-state index in [9.17, 15) is 4.79 Å². The number of methoxy groups -OCH3 is 1. The van der Waals surface area contributed by atoms with Gasteiger partial charge >= 0.3 is 5.97 Å². The Morgan fingerprint density at radius 3 is 2.03 bits per heavy atom. The predicted molar refractivity (Wildman–Crippen MR) is 131 cm³/mol. The van der Waals surface area contributed by atoms with Gasteiger partial charge in [0.05, 0.1) is 23.3 Å². The molecule has 3 unspecified atom stereocenters. The molecule has 3 aromatic carbocycles. The Bertz CT molecular complexity index is 1020. The average Bonchev–Trinajstić information content (AvgIpc) is 3.32. The summed E-state index contributed by atoms with van der Waals surface area (Å²) in [5.41, 5.74) is 3.39. The number of aliphatic imine (C=N–C) groups is 1. The van der Waals surface area contributed by atoms with Gasteiger partial charge in [-0.2, -0.15) is 0 Å². The van der Waals surface area contributed by atoms with Crippen molar-refractivity contribution >= 4 is 11.7 Å². The zero-order valence-electron chi connectivity index (χ0n) is 19.3. The maximum atomic E-state index is 13.4. The molecule has 0 aromatic heterocycles. The van der Waals surface area contributed by atoms with Gasteiger partial charge in [0.25, 0.3) is 0 Å². The van der Waals surface area contributed by atoms with E-state index < -0.39 is 5.41 Å². The van der Waals surface area contributed by atoms with E-state index in [1.165, 1.54) is 0 Å². The third-order valence-electron chi connectivity index (χ3n) is 6.68. The van der Waals surface area contributed by atoms with Gasteiger partial charge in [0.15, 0.2) is 0 Å². The molecule has 0 spiro atoms. The van der Waals surface area contributed by atoms with Crippen LogP contribution < -0.4 is 0 Å². The molecule has 1 aliphatic rings. The van der Waals surface area contributed by atoms with Gasteiger partial charge in [-0.3, -0.25) is 9.79 Å². The number of carbonyl (C=O) groups is 1. The fourth-order valence-corrected chi connectivity index (χ4v) is 4.66. The van der Waals surface area contributed by atoms with E-state index in [4.69, 9.17) is 14.5 Å². The van der Waals surface area contributed by atoms with E-state index in [1.807, 2.05) is 73.7 Å². The van der Waals surface area contributed by atoms with E-state index in [2.05, 4.69) is 24.3 Å². The molecule has 3 aromatic rings. The van der Waals surface area contributed by atoms with E-state index in [-0.39, 0.29) is 24.7 Å². The molecule has 0 saturated heterocycles. The summed E-state index contributed by atoms with van der Waals surface area (Å²) in [6.07, 6.45) is 1.87. The van der Waals surface area contributed by atoms with E-state index in [0.29, 0.717) is 12.8 Å². The van der Waals surface area contributed by atoms with Crippen LogP contribution in [0.4, 0.5) is 0 Å². The number of hydrogen-bond donors (Lipinski definition) is 0. The number of benzene rings is 3. The summed E-state index contributed by atoms with van der Waals surface area (Å²) in [6.45, 7) is 2.23. The zero-order valence-corrected chi connectivity index (χ0v) is 19.3. The van der Waals surface area contributed by atoms with Crippen molar-refractivity contribution in [2.24, 2.45) is 10.4 Å². The van der Waals surface area contributed by atoms with Crippen molar-refractivity contribution in [2.45, 2.75) is 44.9 Å². The molecule has 4 nitrogen and oxygen atoms in total. The SMILES string of the molecule is COC(C)C1(C(=O)OCc2ccccc2)CCC(N=C(c2ccccc2)c2ccccc2)C1. The van der Waals surface area contributed by atoms with Crippen LogP contribution in [0.3, 0.4) is 0 Å². The maximum Gasteiger partial charge on any atom is 0.315 e. The lowest BCUT2D eigenvalue weighted by Gasteiger charge is -2.32. The number of rotatable bonds is 8. The lowest BCUT2D eigenvalue weighted by Crippen LogP contribution is -2.41. The molecule has 4 heteroatoms. The van der Waals surface area contributed by atoms with Gasteiger partial charge < -0.3 is 9.47 Å². The molecule has 0 radical (unpaired) electrons. The minimum atomic E-state index is -0.698. The smallest absolute Gasteiger partial charge is 0.315 e. The minimum absolute atomic E-state index is 0.0160. The van der Waals surface area contributed by atoms with Crippen molar-refractivity contribution < 1.29 is 14.3 Å². The van der Waals surface area contributed by atoms with Crippen LogP contribution in [0.2, 0.25) is 0 Å². The summed E-state index contributed by atoms with van der Waals surface area (Å²) >= 11 is 0. The van der Waals surface area contributed by atoms with Crippen molar-refractivity contribution in [2.75, 3.05) is 7.11 Å². The number of nitrogens with zero attached hydrogens (tertiary/aromatic N) is 1. The predicted octanol–water partition coefficient (Wildman–Crippen LogP) is 5.84. The molecule has 0 aliphatic heterocycles. The molecule has 0 heterocycles. The van der Waals surface area contributed by atoms with Gasteiger partial charge in [0, 0.05) is 18.2 Å². The molecule has 1 fully saturated rings. The van der Waals surface area contributed by atoms with Crippen LogP contribution in [-0.2, 0) is 20.9 Å². The van der Waals surface area contributed by atoms with E-state index in [0.717, 1.165) is 28.8 Å². The van der Waals surface area contributed by atoms with Crippen LogP contribution in [0.1, 0.15) is 42.9 Å². The normalized spacial score (nSPS) is 20.7. The quantitative estimate of drug-likeness (QED) is 0.326. The second-order valence-corrected chi connectivity index (χ2v) is 8.70. The highest BCUT2D eigenvalue weighted by Crippen LogP contribution is 2.45. The van der Waals surface area contributed by atoms with E-state index >= 15 is 0 Å². The maximum absolute atomic E-state index is 13.4. The first-order valence-electron chi connectivity index (χ1n) is 11.5. The molecule has 0 N–H and O–H groups in total. The number of hydrogen-bond acceptors (Lipinski definition) is 4. The Hall–Kier alpha value is -3.24. The largest absolute Gasteiger partial charge is 0.460 e. The molecule has 1 aliphatic carbocycles. The first kappa shape index (κ1) is 22.9. The highest BCUT2D eigenvalue weighted by atomic mass is 16.5. The monoisotopic (exact) mass is 441 g/mol. The molecule has 1 saturated carbocycles. The summed E-state index contributed by atoms with van der Waals surface area (Å²) in [5, 5.41) is 0. The van der Waals surface area contributed by atoms with Crippen LogP contribution in [0.5, 0.6) is 0 Å². The van der Waals surface area contributed by atoms with Gasteiger partial charge in [-0.25, -0.2) is 0 Å². The highest BCUT2D eigenvalue weighted by molar-refractivity contribution is 6.13. The van der Waals surface area contributed by atoms with Crippen LogP contribution >= 0.6 is 0 Å². The highest BCUT2D eigenvalue weighted by Gasteiger charge is 2.51. The number of esters is 1. The summed E-state index contributed by atoms with van der Waals surface area (Å²) in [5.74, 6) is -0.195. The van der Waals surface area contributed by atoms with Crippen molar-refractivity contribution in [1.29, 1.82) is 0 Å². The molecular weight excluding hydrogens is 410 g/mol. The van der Waals surface area contributed by atoms with Crippen LogP contribution in [-0.4, -0.2) is 30.9 Å². The summed E-state index contributed by atoms with van der Waals surface area (Å²) < 4.78 is 11.5. The molecular formula is C29H31NO3. The second kappa shape index (κ2) is 10.6. The van der Waals surface area contributed by atoms with E-state index in [1.54, 1.807) is 7.11 Å². The molecule has 4 rings (SSSR count). The topological polar surface area (TPSA) is 47.9 Å². The fraction of sp³-hybridized carbons (Fsp3) is 0.310. The minimum Gasteiger partial charge on any atom is -0.460 e. The lowest BCUT2D eigenvalue weighted by molar-refractivity contribution is -0.165. The Balaban J connectivity index is 1.59. The van der Waals surface area contributed by atoms with Gasteiger partial charge in [-0.1, -0.05) is 91.0 Å². The van der Waals surface area contributed by atoms with Crippen molar-refractivity contribution in [3.05, 3.63) is 108 Å². The van der Waals surface area contributed by atoms with Crippen LogP contribution in [0, 0.1) is 5.41 Å². The van der Waals surface area contributed by atoms with Crippen molar-refractivity contribution in [1.82, 2.24) is 0 Å². The van der Waals surface area contributed by atoms with Gasteiger partial charge in [-0.05, 0) is 31.7 Å². The van der Waals surface area contributed by atoms with Crippen LogP contribution in [0.15, 0.2) is 96.0 Å². The lowest BCUT2D eigenvalue weighted by atomic mass is 9.80. The number of carbonyl (C=O) groups excluding carboxylic acids is 1. The van der Waals surface area contributed by atoms with Gasteiger partial charge in [-0.15, -0.1) is 0 Å². The zero-order chi connectivity index (χ0) is 23.1. The second-order valence-electron chi connectivity index (χ2n) is 8.70. The Kier molecular flexibility index (Phi) is 7.36. The van der Waals surface area contributed by atoms with Crippen molar-refractivity contribution in [3.63, 3.8) is 0 Å². The molecule has 0 amide bonds. The van der Waals surface area contributed by atoms with Crippen LogP contribution in [0.25, 0.3) is 0 Å². The summed E-state index contributed by atoms with van der Waals surface area (Å²) in [7, 11) is 1.66. The van der Waals surface area contributed by atoms with Gasteiger partial charge in [0.1, 0.15) is 6.61 Å². The third-order valence-corrected chi connectivity index (χ3v) is 6.68. The molecule has 170 valence electrons. The fourth-order valence-electron chi connectivity index (χ4n) is 4.66. The molecule has 33 heavy (non-hydrogen) atoms. The number of ether oxygens (including phenoxy) is 2. The molecule has 3 atom stereocenters. The standard InChI is InChI=1S/C29H31NO3/c1-22(32-2)29(28(31)33-21-23-12-6-3-7-13-23)19-18-26(20-29)30-27(24-14-8-4-9-15-24)25-16-10-5-11-17-25/h3-17,22,26H,18-21H2,1-2H3. The first-order valence-corrected chi connectivity index (χ1v) is 11.5. The average molecular weight is 442 g/mol. The Morgan fingerprint density at radius 1 is 0.939 bits per heavy atom. The summed E-state index contributed by atoms with van der Waals surface area (Å²) in [4.78, 5) is 18.5. The Morgan fingerprint density at radius 2 is 1.48 bits per heavy atom. The summed E-state index contributed by atoms with van der Waals surface area (Å²) in [6, 6.07) is 30.3. The first-order chi connectivity index (χ1) is 16.1. The molecule has 0 bridgehead atoms. The van der Waals surface area contributed by atoms with Gasteiger partial charge in [0.2, 0.25) is 0 Å². The van der Waals surface area contributed by atoms with Crippen molar-refractivity contribution in [3.8, 4) is 0 Å². The Labute approximate surface area is 196 Å².